The SMILES string of the molecule is CC(C)N1CCN(c2ccc(-c3ccc(S(=O)(=O)N4CCC(F)CC4)cc3)cn2)CC1.Cl.Cl. The zero-order valence-electron chi connectivity index (χ0n) is 19.1. The fourth-order valence-electron chi connectivity index (χ4n) is 4.24. The second-order valence-electron chi connectivity index (χ2n) is 8.62. The third-order valence-corrected chi connectivity index (χ3v) is 8.24. The van der Waals surface area contributed by atoms with E-state index in [1.165, 1.54) is 4.31 Å². The number of nitrogens with zero attached hydrogens (tertiary/aromatic N) is 4. The first-order chi connectivity index (χ1) is 14.8. The van der Waals surface area contributed by atoms with Gasteiger partial charge in [-0.2, -0.15) is 4.31 Å². The Morgan fingerprint density at radius 1 is 0.879 bits per heavy atom. The van der Waals surface area contributed by atoms with Crippen LogP contribution in [0, 0.1) is 0 Å². The lowest BCUT2D eigenvalue weighted by atomic mass is 10.1. The fourth-order valence-corrected chi connectivity index (χ4v) is 5.71. The quantitative estimate of drug-likeness (QED) is 0.592. The van der Waals surface area contributed by atoms with Gasteiger partial charge in [0.25, 0.3) is 0 Å². The van der Waals surface area contributed by atoms with E-state index in [0.717, 1.165) is 43.1 Å². The second-order valence-corrected chi connectivity index (χ2v) is 10.6. The molecule has 184 valence electrons. The zero-order valence-corrected chi connectivity index (χ0v) is 21.5. The molecular weight excluding hydrogens is 486 g/mol. The van der Waals surface area contributed by atoms with Gasteiger partial charge < -0.3 is 4.90 Å². The summed E-state index contributed by atoms with van der Waals surface area (Å²) in [7, 11) is -3.58. The first-order valence-electron chi connectivity index (χ1n) is 11.0. The van der Waals surface area contributed by atoms with E-state index in [2.05, 4.69) is 28.6 Å². The number of sulfonamides is 1. The number of benzene rings is 1. The molecule has 2 fully saturated rings. The summed E-state index contributed by atoms with van der Waals surface area (Å²) in [6.07, 6.45) is 1.48. The van der Waals surface area contributed by atoms with Gasteiger partial charge in [-0.1, -0.05) is 12.1 Å². The number of anilines is 1. The highest BCUT2D eigenvalue weighted by Gasteiger charge is 2.29. The molecule has 33 heavy (non-hydrogen) atoms. The Morgan fingerprint density at radius 2 is 1.45 bits per heavy atom. The number of pyridine rings is 1. The molecule has 2 aliphatic heterocycles. The van der Waals surface area contributed by atoms with Crippen LogP contribution in [0.4, 0.5) is 10.2 Å². The minimum Gasteiger partial charge on any atom is -0.354 e. The summed E-state index contributed by atoms with van der Waals surface area (Å²) in [6.45, 7) is 8.95. The van der Waals surface area contributed by atoms with Gasteiger partial charge in [0.05, 0.1) is 4.90 Å². The predicted octanol–water partition coefficient (Wildman–Crippen LogP) is 4.25. The van der Waals surface area contributed by atoms with Crippen molar-refractivity contribution in [2.75, 3.05) is 44.2 Å². The summed E-state index contributed by atoms with van der Waals surface area (Å²) in [5.74, 6) is 0.975. The number of piperidine rings is 1. The minimum absolute atomic E-state index is 0. The highest BCUT2D eigenvalue weighted by atomic mass is 35.5. The minimum atomic E-state index is -3.58. The number of hydrogen-bond acceptors (Lipinski definition) is 5. The van der Waals surface area contributed by atoms with Crippen molar-refractivity contribution in [3.05, 3.63) is 42.6 Å². The van der Waals surface area contributed by atoms with Gasteiger partial charge in [0.1, 0.15) is 12.0 Å². The molecule has 2 saturated heterocycles. The highest BCUT2D eigenvalue weighted by Crippen LogP contribution is 2.26. The lowest BCUT2D eigenvalue weighted by Crippen LogP contribution is -2.49. The molecule has 0 radical (unpaired) electrons. The van der Waals surface area contributed by atoms with Crippen LogP contribution in [0.15, 0.2) is 47.5 Å². The van der Waals surface area contributed by atoms with Crippen molar-refractivity contribution >= 4 is 40.7 Å². The van der Waals surface area contributed by atoms with Crippen molar-refractivity contribution in [1.82, 2.24) is 14.2 Å². The molecule has 6 nitrogen and oxygen atoms in total. The maximum atomic E-state index is 13.4. The Balaban J connectivity index is 0.00000193. The molecule has 2 aliphatic rings. The molecule has 0 spiro atoms. The molecular formula is C23H33Cl2FN4O2S. The molecule has 0 amide bonds. The first kappa shape index (κ1) is 27.8. The molecule has 0 atom stereocenters. The van der Waals surface area contributed by atoms with E-state index >= 15 is 0 Å². The average Bonchev–Trinajstić information content (AvgIpc) is 2.80. The number of hydrogen-bond donors (Lipinski definition) is 0. The van der Waals surface area contributed by atoms with E-state index in [1.807, 2.05) is 30.5 Å². The standard InChI is InChI=1S/C23H31FN4O2S.2ClH/c1-18(2)26-13-15-27(16-14-26)23-8-5-20(17-25-23)19-3-6-22(7-4-19)31(29,30)28-11-9-21(24)10-12-28;;/h3-8,17-18,21H,9-16H2,1-2H3;2*1H. The normalized spacial score (nSPS) is 18.6. The first-order valence-corrected chi connectivity index (χ1v) is 12.5. The molecule has 0 bridgehead atoms. The molecule has 0 saturated carbocycles. The van der Waals surface area contributed by atoms with E-state index in [-0.39, 0.29) is 55.6 Å². The molecule has 1 aromatic heterocycles. The molecule has 0 aliphatic carbocycles. The van der Waals surface area contributed by atoms with Gasteiger partial charge in [0.15, 0.2) is 0 Å². The average molecular weight is 520 g/mol. The van der Waals surface area contributed by atoms with Crippen LogP contribution >= 0.6 is 24.8 Å². The molecule has 10 heteroatoms. The van der Waals surface area contributed by atoms with Gasteiger partial charge in [0, 0.05) is 57.1 Å². The van der Waals surface area contributed by atoms with Crippen molar-refractivity contribution in [2.45, 2.75) is 43.8 Å². The molecule has 0 N–H and O–H groups in total. The third-order valence-electron chi connectivity index (χ3n) is 6.33. The van der Waals surface area contributed by atoms with Gasteiger partial charge >= 0.3 is 0 Å². The predicted molar refractivity (Wildman–Crippen MR) is 136 cm³/mol. The van der Waals surface area contributed by atoms with Crippen LogP contribution in [0.2, 0.25) is 0 Å². The number of halogens is 3. The topological polar surface area (TPSA) is 56.8 Å². The molecule has 1 aromatic carbocycles. The highest BCUT2D eigenvalue weighted by molar-refractivity contribution is 7.89. The summed E-state index contributed by atoms with van der Waals surface area (Å²) in [6, 6.07) is 11.5. The van der Waals surface area contributed by atoms with E-state index < -0.39 is 16.2 Å². The summed E-state index contributed by atoms with van der Waals surface area (Å²) >= 11 is 0. The van der Waals surface area contributed by atoms with E-state index in [0.29, 0.717) is 6.04 Å². The number of rotatable bonds is 5. The van der Waals surface area contributed by atoms with Crippen LogP contribution in [-0.4, -0.2) is 74.1 Å². The van der Waals surface area contributed by atoms with E-state index in [1.54, 1.807) is 12.1 Å². The van der Waals surface area contributed by atoms with Crippen molar-refractivity contribution in [2.24, 2.45) is 0 Å². The van der Waals surface area contributed by atoms with Crippen LogP contribution < -0.4 is 4.90 Å². The summed E-state index contributed by atoms with van der Waals surface area (Å²) in [4.78, 5) is 9.67. The molecule has 4 rings (SSSR count). The number of aromatic nitrogens is 1. The summed E-state index contributed by atoms with van der Waals surface area (Å²) in [5, 5.41) is 0. The monoisotopic (exact) mass is 518 g/mol. The maximum Gasteiger partial charge on any atom is 0.243 e. The van der Waals surface area contributed by atoms with Gasteiger partial charge in [-0.3, -0.25) is 4.90 Å². The number of alkyl halides is 1. The van der Waals surface area contributed by atoms with Gasteiger partial charge in [0.2, 0.25) is 10.0 Å². The molecule has 3 heterocycles. The van der Waals surface area contributed by atoms with Crippen LogP contribution in [0.1, 0.15) is 26.7 Å². The smallest absolute Gasteiger partial charge is 0.243 e. The fraction of sp³-hybridized carbons (Fsp3) is 0.522. The summed E-state index contributed by atoms with van der Waals surface area (Å²) < 4.78 is 40.4. The Labute approximate surface area is 209 Å². The van der Waals surface area contributed by atoms with E-state index in [9.17, 15) is 12.8 Å². The van der Waals surface area contributed by atoms with Crippen LogP contribution in [-0.2, 0) is 10.0 Å². The molecule has 2 aromatic rings. The Hall–Kier alpha value is -1.45. The van der Waals surface area contributed by atoms with Crippen molar-refractivity contribution < 1.29 is 12.8 Å². The van der Waals surface area contributed by atoms with Gasteiger partial charge in [-0.15, -0.1) is 24.8 Å². The van der Waals surface area contributed by atoms with Gasteiger partial charge in [-0.25, -0.2) is 17.8 Å². The van der Waals surface area contributed by atoms with Crippen molar-refractivity contribution in [1.29, 1.82) is 0 Å². The summed E-state index contributed by atoms with van der Waals surface area (Å²) in [5.41, 5.74) is 1.87. The Kier molecular flexibility index (Phi) is 9.94. The largest absolute Gasteiger partial charge is 0.354 e. The third kappa shape index (κ3) is 6.36. The van der Waals surface area contributed by atoms with Crippen LogP contribution in [0.3, 0.4) is 0 Å². The van der Waals surface area contributed by atoms with Crippen molar-refractivity contribution in [3.8, 4) is 11.1 Å². The van der Waals surface area contributed by atoms with Crippen LogP contribution in [0.5, 0.6) is 0 Å². The number of piperazine rings is 1. The Bertz CT molecular complexity index is 975. The Morgan fingerprint density at radius 3 is 1.97 bits per heavy atom. The second kappa shape index (κ2) is 11.8. The lowest BCUT2D eigenvalue weighted by Gasteiger charge is -2.37. The zero-order chi connectivity index (χ0) is 22.0. The van der Waals surface area contributed by atoms with E-state index in [4.69, 9.17) is 0 Å². The maximum absolute atomic E-state index is 13.4. The van der Waals surface area contributed by atoms with Crippen LogP contribution in [0.25, 0.3) is 11.1 Å². The lowest BCUT2D eigenvalue weighted by molar-refractivity contribution is 0.209. The molecule has 0 unspecified atom stereocenters. The van der Waals surface area contributed by atoms with Gasteiger partial charge in [-0.05, 0) is 56.5 Å². The van der Waals surface area contributed by atoms with Crippen molar-refractivity contribution in [3.63, 3.8) is 0 Å².